The van der Waals surface area contributed by atoms with Crippen LogP contribution >= 0.6 is 12.4 Å². The zero-order valence-corrected chi connectivity index (χ0v) is 20.5. The highest BCUT2D eigenvalue weighted by atomic mass is 35.5. The smallest absolute Gasteiger partial charge is 0.226 e. The maximum absolute atomic E-state index is 11.6. The van der Waals surface area contributed by atoms with Crippen LogP contribution in [-0.4, -0.2) is 43.7 Å². The molecule has 1 aromatic heterocycles. The maximum atomic E-state index is 11.6. The van der Waals surface area contributed by atoms with Crippen molar-refractivity contribution in [3.05, 3.63) is 60.0 Å². The Morgan fingerprint density at radius 3 is 2.19 bits per heavy atom. The molecule has 0 aliphatic carbocycles. The second kappa shape index (κ2) is 10.2. The van der Waals surface area contributed by atoms with Gasteiger partial charge in [-0.1, -0.05) is 24.3 Å². The SMILES string of the molecule is Cc1oc(-c2ccc(-c3ccc(S(C)(=O)=O)cc3)cc2)nc1CCCN1CCCC1C.Cl. The van der Waals surface area contributed by atoms with Crippen LogP contribution in [0.25, 0.3) is 22.6 Å². The van der Waals surface area contributed by atoms with Crippen molar-refractivity contribution in [1.29, 1.82) is 0 Å². The minimum Gasteiger partial charge on any atom is -0.441 e. The molecule has 0 amide bonds. The van der Waals surface area contributed by atoms with Gasteiger partial charge in [0.25, 0.3) is 0 Å². The number of aromatic nitrogens is 1. The summed E-state index contributed by atoms with van der Waals surface area (Å²) in [7, 11) is -3.18. The number of halogens is 1. The van der Waals surface area contributed by atoms with Crippen molar-refractivity contribution in [3.8, 4) is 22.6 Å². The van der Waals surface area contributed by atoms with Crippen LogP contribution in [0.1, 0.15) is 37.6 Å². The molecule has 3 aromatic rings. The standard InChI is InChI=1S/C25H30N2O3S.ClH/c1-18-6-4-16-27(18)17-5-7-24-19(2)30-25(26-24)22-10-8-20(9-11-22)21-12-14-23(15-13-21)31(3,28)29;/h8-15,18H,4-7,16-17H2,1-3H3;1H. The van der Waals surface area contributed by atoms with Crippen LogP contribution in [0.4, 0.5) is 0 Å². The lowest BCUT2D eigenvalue weighted by Crippen LogP contribution is -2.28. The van der Waals surface area contributed by atoms with Crippen LogP contribution in [-0.2, 0) is 16.3 Å². The van der Waals surface area contributed by atoms with E-state index in [1.165, 1.54) is 25.6 Å². The summed E-state index contributed by atoms with van der Waals surface area (Å²) < 4.78 is 29.2. The second-order valence-electron chi connectivity index (χ2n) is 8.53. The molecule has 2 heterocycles. The molecule has 1 aliphatic heterocycles. The van der Waals surface area contributed by atoms with Crippen molar-refractivity contribution in [2.45, 2.75) is 50.5 Å². The molecule has 0 N–H and O–H groups in total. The van der Waals surface area contributed by atoms with Crippen LogP contribution in [0.5, 0.6) is 0 Å². The lowest BCUT2D eigenvalue weighted by atomic mass is 10.0. The number of aryl methyl sites for hydroxylation is 2. The van der Waals surface area contributed by atoms with Gasteiger partial charge >= 0.3 is 0 Å². The van der Waals surface area contributed by atoms with Gasteiger partial charge in [-0.2, -0.15) is 0 Å². The van der Waals surface area contributed by atoms with Crippen molar-refractivity contribution < 1.29 is 12.8 Å². The van der Waals surface area contributed by atoms with E-state index in [1.54, 1.807) is 12.1 Å². The van der Waals surface area contributed by atoms with Crippen molar-refractivity contribution >= 4 is 22.2 Å². The van der Waals surface area contributed by atoms with Gasteiger partial charge < -0.3 is 9.32 Å². The number of hydrogen-bond acceptors (Lipinski definition) is 5. The van der Waals surface area contributed by atoms with E-state index in [9.17, 15) is 8.42 Å². The number of oxazole rings is 1. The Labute approximate surface area is 197 Å². The maximum Gasteiger partial charge on any atom is 0.226 e. The third-order valence-corrected chi connectivity index (χ3v) is 7.32. The molecule has 0 saturated carbocycles. The van der Waals surface area contributed by atoms with Crippen LogP contribution in [0.2, 0.25) is 0 Å². The molecule has 1 fully saturated rings. The fraction of sp³-hybridized carbons (Fsp3) is 0.400. The van der Waals surface area contributed by atoms with Crippen molar-refractivity contribution in [1.82, 2.24) is 9.88 Å². The molecule has 1 unspecified atom stereocenters. The lowest BCUT2D eigenvalue weighted by Gasteiger charge is -2.20. The fourth-order valence-corrected chi connectivity index (χ4v) is 4.89. The molecule has 1 aliphatic rings. The van der Waals surface area contributed by atoms with E-state index >= 15 is 0 Å². The highest BCUT2D eigenvalue weighted by Crippen LogP contribution is 2.27. The molecule has 5 nitrogen and oxygen atoms in total. The summed E-state index contributed by atoms with van der Waals surface area (Å²) >= 11 is 0. The van der Waals surface area contributed by atoms with Gasteiger partial charge in [0, 0.05) is 17.9 Å². The molecular formula is C25H31ClN2O3S. The van der Waals surface area contributed by atoms with E-state index in [0.29, 0.717) is 16.8 Å². The number of sulfone groups is 1. The first kappa shape index (κ1) is 24.5. The molecular weight excluding hydrogens is 444 g/mol. The van der Waals surface area contributed by atoms with E-state index in [2.05, 4.69) is 11.8 Å². The van der Waals surface area contributed by atoms with Crippen LogP contribution < -0.4 is 0 Å². The monoisotopic (exact) mass is 474 g/mol. The van der Waals surface area contributed by atoms with Gasteiger partial charge in [-0.3, -0.25) is 0 Å². The Morgan fingerprint density at radius 2 is 1.62 bits per heavy atom. The largest absolute Gasteiger partial charge is 0.441 e. The molecule has 1 saturated heterocycles. The Hall–Kier alpha value is -2.15. The number of rotatable bonds is 7. The zero-order chi connectivity index (χ0) is 22.0. The minimum atomic E-state index is -3.18. The molecule has 4 rings (SSSR count). The summed E-state index contributed by atoms with van der Waals surface area (Å²) in [6.07, 6.45) is 5.87. The van der Waals surface area contributed by atoms with Gasteiger partial charge in [-0.15, -0.1) is 12.4 Å². The molecule has 7 heteroatoms. The predicted molar refractivity (Wildman–Crippen MR) is 131 cm³/mol. The van der Waals surface area contributed by atoms with Crippen molar-refractivity contribution in [3.63, 3.8) is 0 Å². The summed E-state index contributed by atoms with van der Waals surface area (Å²) in [5.41, 5.74) is 3.98. The zero-order valence-electron chi connectivity index (χ0n) is 18.9. The van der Waals surface area contributed by atoms with E-state index < -0.39 is 9.84 Å². The van der Waals surface area contributed by atoms with Crippen LogP contribution in [0, 0.1) is 6.92 Å². The summed E-state index contributed by atoms with van der Waals surface area (Å²) in [4.78, 5) is 7.65. The van der Waals surface area contributed by atoms with E-state index in [-0.39, 0.29) is 12.4 Å². The van der Waals surface area contributed by atoms with E-state index in [4.69, 9.17) is 9.40 Å². The van der Waals surface area contributed by atoms with Crippen molar-refractivity contribution in [2.24, 2.45) is 0 Å². The van der Waals surface area contributed by atoms with Crippen molar-refractivity contribution in [2.75, 3.05) is 19.3 Å². The van der Waals surface area contributed by atoms with Gasteiger partial charge in [0.15, 0.2) is 9.84 Å². The molecule has 172 valence electrons. The first-order valence-electron chi connectivity index (χ1n) is 10.9. The molecule has 0 radical (unpaired) electrons. The molecule has 32 heavy (non-hydrogen) atoms. The van der Waals surface area contributed by atoms with Gasteiger partial charge in [0.1, 0.15) is 5.76 Å². The van der Waals surface area contributed by atoms with E-state index in [1.807, 2.05) is 43.3 Å². The molecule has 0 bridgehead atoms. The number of likely N-dealkylation sites (tertiary alicyclic amines) is 1. The Kier molecular flexibility index (Phi) is 7.80. The van der Waals surface area contributed by atoms with Crippen LogP contribution in [0.3, 0.4) is 0 Å². The second-order valence-corrected chi connectivity index (χ2v) is 10.5. The summed E-state index contributed by atoms with van der Waals surface area (Å²) in [6.45, 7) is 6.64. The first-order valence-corrected chi connectivity index (χ1v) is 12.8. The lowest BCUT2D eigenvalue weighted by molar-refractivity contribution is 0.265. The molecule has 0 spiro atoms. The topological polar surface area (TPSA) is 63.4 Å². The van der Waals surface area contributed by atoms with E-state index in [0.717, 1.165) is 47.5 Å². The average molecular weight is 475 g/mol. The highest BCUT2D eigenvalue weighted by Gasteiger charge is 2.20. The van der Waals surface area contributed by atoms with Gasteiger partial charge in [0.2, 0.25) is 5.89 Å². The summed E-state index contributed by atoms with van der Waals surface area (Å²) in [5.74, 6) is 1.55. The minimum absolute atomic E-state index is 0. The third-order valence-electron chi connectivity index (χ3n) is 6.19. The normalized spacial score (nSPS) is 16.8. The molecule has 1 atom stereocenters. The van der Waals surface area contributed by atoms with Gasteiger partial charge in [0.05, 0.1) is 10.6 Å². The van der Waals surface area contributed by atoms with Crippen LogP contribution in [0.15, 0.2) is 57.8 Å². The Balaban J connectivity index is 0.00000289. The third kappa shape index (κ3) is 5.61. The highest BCUT2D eigenvalue weighted by molar-refractivity contribution is 7.90. The average Bonchev–Trinajstić information content (AvgIpc) is 3.33. The van der Waals surface area contributed by atoms with Gasteiger partial charge in [-0.25, -0.2) is 13.4 Å². The predicted octanol–water partition coefficient (Wildman–Crippen LogP) is 5.56. The fourth-order valence-electron chi connectivity index (χ4n) is 4.26. The molecule has 2 aromatic carbocycles. The summed E-state index contributed by atoms with van der Waals surface area (Å²) in [5, 5.41) is 0. The Bertz CT molecular complexity index is 1140. The van der Waals surface area contributed by atoms with Gasteiger partial charge in [-0.05, 0) is 88.0 Å². The first-order chi connectivity index (χ1) is 14.8. The summed E-state index contributed by atoms with van der Waals surface area (Å²) in [6, 6.07) is 15.7. The quantitative estimate of drug-likeness (QED) is 0.448. The Morgan fingerprint density at radius 1 is 1.03 bits per heavy atom. The number of nitrogens with zero attached hydrogens (tertiary/aromatic N) is 2. The number of hydrogen-bond donors (Lipinski definition) is 0. The number of benzene rings is 2.